The Hall–Kier alpha value is -0.940. The molecule has 0 spiro atoms. The number of nitrogens with zero attached hydrogens (tertiary/aromatic N) is 1. The van der Waals surface area contributed by atoms with E-state index < -0.39 is 0 Å². The van der Waals surface area contributed by atoms with Crippen molar-refractivity contribution in [3.63, 3.8) is 0 Å². The van der Waals surface area contributed by atoms with E-state index >= 15 is 0 Å². The van der Waals surface area contributed by atoms with Crippen molar-refractivity contribution >= 4 is 27.7 Å². The summed E-state index contributed by atoms with van der Waals surface area (Å²) in [6, 6.07) is 3.63. The molecule has 1 aliphatic heterocycles. The number of amides is 1. The first-order chi connectivity index (χ1) is 7.75. The molecular formula is C11H13BrN2O2. The first-order valence-corrected chi connectivity index (χ1v) is 6.05. The Bertz CT molecular complexity index is 361. The highest BCUT2D eigenvalue weighted by Gasteiger charge is 2.21. The summed E-state index contributed by atoms with van der Waals surface area (Å²) in [6.45, 7) is 1.34. The van der Waals surface area contributed by atoms with E-state index in [1.54, 1.807) is 12.3 Å². The summed E-state index contributed by atoms with van der Waals surface area (Å²) in [4.78, 5) is 15.9. The van der Waals surface area contributed by atoms with Crippen molar-refractivity contribution < 1.29 is 9.53 Å². The van der Waals surface area contributed by atoms with Crippen molar-refractivity contribution in [3.8, 4) is 0 Å². The minimum absolute atomic E-state index is 0.0399. The largest absolute Gasteiger partial charge is 0.381 e. The van der Waals surface area contributed by atoms with Crippen LogP contribution >= 0.6 is 15.9 Å². The average Bonchev–Trinajstić information content (AvgIpc) is 2.33. The Balaban J connectivity index is 1.93. The van der Waals surface area contributed by atoms with Crippen LogP contribution < -0.4 is 5.32 Å². The van der Waals surface area contributed by atoms with Gasteiger partial charge in [-0.15, -0.1) is 0 Å². The summed E-state index contributed by atoms with van der Waals surface area (Å²) < 4.78 is 6.11. The Morgan fingerprint density at radius 1 is 1.44 bits per heavy atom. The molecule has 1 saturated heterocycles. The molecule has 0 bridgehead atoms. The Kier molecular flexibility index (Phi) is 3.90. The van der Waals surface area contributed by atoms with Gasteiger partial charge in [0.25, 0.3) is 0 Å². The minimum atomic E-state index is 0.0399. The molecule has 5 heteroatoms. The second kappa shape index (κ2) is 5.41. The van der Waals surface area contributed by atoms with Crippen molar-refractivity contribution in [2.45, 2.75) is 12.8 Å². The van der Waals surface area contributed by atoms with Gasteiger partial charge in [0.2, 0.25) is 5.91 Å². The monoisotopic (exact) mass is 284 g/mol. The van der Waals surface area contributed by atoms with Crippen molar-refractivity contribution in [1.82, 2.24) is 4.98 Å². The lowest BCUT2D eigenvalue weighted by molar-refractivity contribution is -0.122. The summed E-state index contributed by atoms with van der Waals surface area (Å²) in [5, 5.41) is 2.81. The number of halogens is 1. The lowest BCUT2D eigenvalue weighted by Gasteiger charge is -2.20. The van der Waals surface area contributed by atoms with Crippen LogP contribution in [0.3, 0.4) is 0 Å². The number of carbonyl (C=O) groups is 1. The normalized spacial score (nSPS) is 17.1. The topological polar surface area (TPSA) is 51.2 Å². The molecule has 0 atom stereocenters. The van der Waals surface area contributed by atoms with Gasteiger partial charge < -0.3 is 10.1 Å². The third-order valence-corrected chi connectivity index (χ3v) is 3.04. The molecule has 2 rings (SSSR count). The highest BCUT2D eigenvalue weighted by molar-refractivity contribution is 9.10. The Morgan fingerprint density at radius 3 is 2.81 bits per heavy atom. The predicted octanol–water partition coefficient (Wildman–Crippen LogP) is 2.21. The van der Waals surface area contributed by atoms with Crippen molar-refractivity contribution in [3.05, 3.63) is 22.8 Å². The molecule has 1 fully saturated rings. The fraction of sp³-hybridized carbons (Fsp3) is 0.455. The third kappa shape index (κ3) is 3.02. The van der Waals surface area contributed by atoms with Crippen molar-refractivity contribution in [2.75, 3.05) is 18.5 Å². The van der Waals surface area contributed by atoms with Crippen LogP contribution in [-0.2, 0) is 9.53 Å². The molecule has 0 radical (unpaired) electrons. The summed E-state index contributed by atoms with van der Waals surface area (Å²) in [5.74, 6) is 0.692. The van der Waals surface area contributed by atoms with Crippen LogP contribution in [0.4, 0.5) is 5.82 Å². The number of aromatic nitrogens is 1. The number of rotatable bonds is 2. The molecule has 0 unspecified atom stereocenters. The van der Waals surface area contributed by atoms with E-state index in [-0.39, 0.29) is 11.8 Å². The number of anilines is 1. The van der Waals surface area contributed by atoms with Gasteiger partial charge in [-0.1, -0.05) is 0 Å². The van der Waals surface area contributed by atoms with Crippen LogP contribution in [0.25, 0.3) is 0 Å². The van der Waals surface area contributed by atoms with E-state index in [0.717, 1.165) is 17.3 Å². The molecule has 0 aliphatic carbocycles. The van der Waals surface area contributed by atoms with Crippen LogP contribution in [0, 0.1) is 5.92 Å². The van der Waals surface area contributed by atoms with Gasteiger partial charge >= 0.3 is 0 Å². The van der Waals surface area contributed by atoms with Gasteiger partial charge in [0, 0.05) is 29.8 Å². The van der Waals surface area contributed by atoms with Gasteiger partial charge in [-0.3, -0.25) is 4.79 Å². The molecule has 0 aromatic carbocycles. The molecular weight excluding hydrogens is 272 g/mol. The fourth-order valence-corrected chi connectivity index (χ4v) is 1.87. The summed E-state index contributed by atoms with van der Waals surface area (Å²) in [6.07, 6.45) is 3.25. The molecule has 1 N–H and O–H groups in total. The maximum Gasteiger partial charge on any atom is 0.228 e. The molecule has 16 heavy (non-hydrogen) atoms. The summed E-state index contributed by atoms with van der Waals surface area (Å²) in [5.41, 5.74) is 0. The molecule has 86 valence electrons. The first-order valence-electron chi connectivity index (χ1n) is 5.26. The minimum Gasteiger partial charge on any atom is -0.381 e. The van der Waals surface area contributed by atoms with Gasteiger partial charge in [-0.05, 0) is 40.9 Å². The van der Waals surface area contributed by atoms with E-state index in [0.29, 0.717) is 19.0 Å². The van der Waals surface area contributed by atoms with Gasteiger partial charge in [-0.2, -0.15) is 0 Å². The molecule has 1 aliphatic rings. The number of hydrogen-bond acceptors (Lipinski definition) is 3. The maximum absolute atomic E-state index is 11.8. The lowest BCUT2D eigenvalue weighted by Crippen LogP contribution is -2.28. The first kappa shape index (κ1) is 11.5. The fourth-order valence-electron chi connectivity index (χ4n) is 1.64. The third-order valence-electron chi connectivity index (χ3n) is 2.57. The number of carbonyl (C=O) groups excluding carboxylic acids is 1. The van der Waals surface area contributed by atoms with Gasteiger partial charge in [0.1, 0.15) is 5.82 Å². The standard InChI is InChI=1S/C11H13BrN2O2/c12-9-1-2-10(13-7-9)14-11(15)8-3-5-16-6-4-8/h1-2,7-8H,3-6H2,(H,13,14,15). The number of hydrogen-bond donors (Lipinski definition) is 1. The summed E-state index contributed by atoms with van der Waals surface area (Å²) >= 11 is 3.30. The van der Waals surface area contributed by atoms with Gasteiger partial charge in [-0.25, -0.2) is 4.98 Å². The molecule has 2 heterocycles. The quantitative estimate of drug-likeness (QED) is 0.906. The van der Waals surface area contributed by atoms with Crippen LogP contribution in [0.1, 0.15) is 12.8 Å². The Morgan fingerprint density at radius 2 is 2.19 bits per heavy atom. The number of nitrogens with one attached hydrogen (secondary N) is 1. The lowest BCUT2D eigenvalue weighted by atomic mass is 9.99. The van der Waals surface area contributed by atoms with E-state index in [4.69, 9.17) is 4.74 Å². The second-order valence-corrected chi connectivity index (χ2v) is 4.65. The van der Waals surface area contributed by atoms with Crippen molar-refractivity contribution in [1.29, 1.82) is 0 Å². The van der Waals surface area contributed by atoms with Gasteiger partial charge in [0.05, 0.1) is 0 Å². The Labute approximate surface area is 103 Å². The van der Waals surface area contributed by atoms with Gasteiger partial charge in [0.15, 0.2) is 0 Å². The zero-order valence-corrected chi connectivity index (χ0v) is 10.4. The summed E-state index contributed by atoms with van der Waals surface area (Å²) in [7, 11) is 0. The van der Waals surface area contributed by atoms with E-state index in [2.05, 4.69) is 26.2 Å². The molecule has 4 nitrogen and oxygen atoms in total. The predicted molar refractivity (Wildman–Crippen MR) is 64.1 cm³/mol. The highest BCUT2D eigenvalue weighted by atomic mass is 79.9. The van der Waals surface area contributed by atoms with Crippen LogP contribution in [-0.4, -0.2) is 24.1 Å². The average molecular weight is 285 g/mol. The second-order valence-electron chi connectivity index (χ2n) is 3.74. The highest BCUT2D eigenvalue weighted by Crippen LogP contribution is 2.17. The smallest absolute Gasteiger partial charge is 0.228 e. The van der Waals surface area contributed by atoms with Crippen LogP contribution in [0.15, 0.2) is 22.8 Å². The molecule has 1 aromatic rings. The SMILES string of the molecule is O=C(Nc1ccc(Br)cn1)C1CCOCC1. The molecule has 0 saturated carbocycles. The van der Waals surface area contributed by atoms with E-state index in [1.807, 2.05) is 6.07 Å². The number of ether oxygens (including phenoxy) is 1. The van der Waals surface area contributed by atoms with Crippen LogP contribution in [0.2, 0.25) is 0 Å². The zero-order valence-electron chi connectivity index (χ0n) is 8.78. The maximum atomic E-state index is 11.8. The van der Waals surface area contributed by atoms with E-state index in [1.165, 1.54) is 0 Å². The molecule has 1 amide bonds. The van der Waals surface area contributed by atoms with Crippen molar-refractivity contribution in [2.24, 2.45) is 5.92 Å². The zero-order chi connectivity index (χ0) is 11.4. The molecule has 1 aromatic heterocycles. The van der Waals surface area contributed by atoms with Crippen LogP contribution in [0.5, 0.6) is 0 Å². The van der Waals surface area contributed by atoms with E-state index in [9.17, 15) is 4.79 Å². The number of pyridine rings is 1.